The fourth-order valence-electron chi connectivity index (χ4n) is 3.66. The van der Waals surface area contributed by atoms with E-state index in [9.17, 15) is 13.2 Å². The summed E-state index contributed by atoms with van der Waals surface area (Å²) in [6, 6.07) is 17.1. The standard InChI is InChI=1S/C24H25N3O3S2/c1-17(25-26-24(28)23-16-19-9-4-2-7-14-22(19)31-23)18-10-8-11-20(15-18)27-32(29,30)21-12-5-3-6-13-21/h3,5-6,8,10-13,15-16,27H,2,4,7,9,14H2,1H3,(H,26,28). The molecule has 0 unspecified atom stereocenters. The first kappa shape index (κ1) is 22.2. The van der Waals surface area contributed by atoms with Gasteiger partial charge in [0.05, 0.1) is 15.5 Å². The normalized spacial score (nSPS) is 14.3. The summed E-state index contributed by atoms with van der Waals surface area (Å²) in [6.45, 7) is 1.77. The molecular weight excluding hydrogens is 442 g/mol. The third-order valence-electron chi connectivity index (χ3n) is 5.38. The minimum Gasteiger partial charge on any atom is -0.280 e. The predicted molar refractivity (Wildman–Crippen MR) is 129 cm³/mol. The van der Waals surface area contributed by atoms with Crippen molar-refractivity contribution in [2.45, 2.75) is 43.9 Å². The molecule has 0 aliphatic heterocycles. The first-order valence-electron chi connectivity index (χ1n) is 10.6. The van der Waals surface area contributed by atoms with E-state index in [1.807, 2.05) is 12.1 Å². The van der Waals surface area contributed by atoms with Gasteiger partial charge in [-0.1, -0.05) is 36.8 Å². The van der Waals surface area contributed by atoms with E-state index in [1.54, 1.807) is 66.8 Å². The molecule has 1 amide bonds. The first-order valence-corrected chi connectivity index (χ1v) is 12.9. The zero-order valence-corrected chi connectivity index (χ0v) is 19.4. The van der Waals surface area contributed by atoms with Gasteiger partial charge in [0, 0.05) is 10.6 Å². The molecule has 32 heavy (non-hydrogen) atoms. The van der Waals surface area contributed by atoms with Crippen LogP contribution in [0.1, 0.15) is 51.9 Å². The highest BCUT2D eigenvalue weighted by molar-refractivity contribution is 7.92. The topological polar surface area (TPSA) is 87.6 Å². The monoisotopic (exact) mass is 467 g/mol. The second-order valence-electron chi connectivity index (χ2n) is 7.76. The molecule has 4 rings (SSSR count). The molecule has 166 valence electrons. The number of thiophene rings is 1. The maximum atomic E-state index is 12.6. The van der Waals surface area contributed by atoms with Gasteiger partial charge in [-0.25, -0.2) is 13.8 Å². The molecule has 1 heterocycles. The van der Waals surface area contributed by atoms with Crippen LogP contribution in [0.3, 0.4) is 0 Å². The molecule has 1 aliphatic rings. The number of nitrogens with one attached hydrogen (secondary N) is 2. The van der Waals surface area contributed by atoms with Gasteiger partial charge in [-0.15, -0.1) is 11.3 Å². The van der Waals surface area contributed by atoms with Crippen molar-refractivity contribution in [3.8, 4) is 0 Å². The molecule has 8 heteroatoms. The molecule has 0 fully saturated rings. The van der Waals surface area contributed by atoms with Crippen molar-refractivity contribution >= 4 is 38.7 Å². The van der Waals surface area contributed by atoms with Crippen molar-refractivity contribution in [2.75, 3.05) is 4.72 Å². The highest BCUT2D eigenvalue weighted by Crippen LogP contribution is 2.29. The number of anilines is 1. The lowest BCUT2D eigenvalue weighted by Gasteiger charge is -2.09. The molecule has 2 aromatic carbocycles. The second kappa shape index (κ2) is 9.67. The molecule has 0 radical (unpaired) electrons. The van der Waals surface area contributed by atoms with Crippen molar-refractivity contribution in [1.82, 2.24) is 5.43 Å². The Morgan fingerprint density at radius 3 is 2.56 bits per heavy atom. The zero-order chi connectivity index (χ0) is 22.6. The molecule has 0 saturated carbocycles. The van der Waals surface area contributed by atoms with E-state index < -0.39 is 10.0 Å². The SMILES string of the molecule is CC(=NNC(=O)c1cc2c(s1)CCCCC2)c1cccc(NS(=O)(=O)c2ccccc2)c1. The highest BCUT2D eigenvalue weighted by Gasteiger charge is 2.17. The van der Waals surface area contributed by atoms with Crippen LogP contribution in [-0.4, -0.2) is 20.0 Å². The number of hydrogen-bond donors (Lipinski definition) is 2. The van der Waals surface area contributed by atoms with Gasteiger partial charge in [0.1, 0.15) is 0 Å². The third-order valence-corrected chi connectivity index (χ3v) is 8.01. The van der Waals surface area contributed by atoms with E-state index in [2.05, 4.69) is 15.2 Å². The van der Waals surface area contributed by atoms with Gasteiger partial charge in [0.15, 0.2) is 0 Å². The summed E-state index contributed by atoms with van der Waals surface area (Å²) in [4.78, 5) is 14.8. The number of fused-ring (bicyclic) bond motifs is 1. The number of aryl methyl sites for hydroxylation is 2. The fourth-order valence-corrected chi connectivity index (χ4v) is 5.87. The van der Waals surface area contributed by atoms with Crippen LogP contribution in [0.5, 0.6) is 0 Å². The predicted octanol–water partition coefficient (Wildman–Crippen LogP) is 4.97. The number of hydrazone groups is 1. The number of nitrogens with zero attached hydrogens (tertiary/aromatic N) is 1. The van der Waals surface area contributed by atoms with Gasteiger partial charge >= 0.3 is 0 Å². The van der Waals surface area contributed by atoms with Crippen molar-refractivity contribution in [3.05, 3.63) is 81.5 Å². The fraction of sp³-hybridized carbons (Fsp3) is 0.250. The quantitative estimate of drug-likeness (QED) is 0.305. The van der Waals surface area contributed by atoms with E-state index in [0.717, 1.165) is 12.8 Å². The molecule has 2 N–H and O–H groups in total. The number of rotatable bonds is 6. The summed E-state index contributed by atoms with van der Waals surface area (Å²) in [6.07, 6.45) is 5.67. The van der Waals surface area contributed by atoms with Crippen molar-refractivity contribution in [2.24, 2.45) is 5.10 Å². The summed E-state index contributed by atoms with van der Waals surface area (Å²) in [5.74, 6) is -0.219. The summed E-state index contributed by atoms with van der Waals surface area (Å²) in [5.41, 5.74) is 5.64. The maximum Gasteiger partial charge on any atom is 0.281 e. The Morgan fingerprint density at radius 2 is 1.75 bits per heavy atom. The molecule has 0 saturated heterocycles. The highest BCUT2D eigenvalue weighted by atomic mass is 32.2. The molecule has 0 atom stereocenters. The van der Waals surface area contributed by atoms with Crippen molar-refractivity contribution in [1.29, 1.82) is 0 Å². The lowest BCUT2D eigenvalue weighted by atomic mass is 10.1. The Bertz CT molecular complexity index is 1230. The van der Waals surface area contributed by atoms with Crippen LogP contribution in [0.2, 0.25) is 0 Å². The summed E-state index contributed by atoms with van der Waals surface area (Å²) in [5, 5.41) is 4.24. The number of amides is 1. The Kier molecular flexibility index (Phi) is 6.72. The van der Waals surface area contributed by atoms with Crippen LogP contribution < -0.4 is 10.1 Å². The van der Waals surface area contributed by atoms with Crippen LogP contribution >= 0.6 is 11.3 Å². The Balaban J connectivity index is 1.45. The van der Waals surface area contributed by atoms with Crippen LogP contribution in [0.25, 0.3) is 0 Å². The number of sulfonamides is 1. The van der Waals surface area contributed by atoms with Gasteiger partial charge < -0.3 is 0 Å². The lowest BCUT2D eigenvalue weighted by molar-refractivity contribution is 0.0959. The Hall–Kier alpha value is -2.97. The van der Waals surface area contributed by atoms with E-state index in [0.29, 0.717) is 21.8 Å². The maximum absolute atomic E-state index is 12.6. The number of carbonyl (C=O) groups is 1. The average Bonchev–Trinajstić information content (AvgIpc) is 3.08. The molecule has 6 nitrogen and oxygen atoms in total. The molecule has 0 bridgehead atoms. The smallest absolute Gasteiger partial charge is 0.280 e. The number of hydrogen-bond acceptors (Lipinski definition) is 5. The largest absolute Gasteiger partial charge is 0.281 e. The first-order chi connectivity index (χ1) is 15.4. The summed E-state index contributed by atoms with van der Waals surface area (Å²) < 4.78 is 27.7. The minimum absolute atomic E-state index is 0.192. The van der Waals surface area contributed by atoms with E-state index >= 15 is 0 Å². The van der Waals surface area contributed by atoms with E-state index in [4.69, 9.17) is 0 Å². The molecular formula is C24H25N3O3S2. The minimum atomic E-state index is -3.68. The van der Waals surface area contributed by atoms with Gasteiger partial charge in [-0.05, 0) is 74.1 Å². The van der Waals surface area contributed by atoms with E-state index in [1.165, 1.54) is 29.7 Å². The Morgan fingerprint density at radius 1 is 0.969 bits per heavy atom. The van der Waals surface area contributed by atoms with Crippen LogP contribution in [0, 0.1) is 0 Å². The van der Waals surface area contributed by atoms with Gasteiger partial charge in [-0.2, -0.15) is 5.10 Å². The molecule has 1 aliphatic carbocycles. The van der Waals surface area contributed by atoms with Crippen LogP contribution in [0.4, 0.5) is 5.69 Å². The van der Waals surface area contributed by atoms with Crippen molar-refractivity contribution < 1.29 is 13.2 Å². The lowest BCUT2D eigenvalue weighted by Crippen LogP contribution is -2.18. The van der Waals surface area contributed by atoms with Gasteiger partial charge in [0.25, 0.3) is 15.9 Å². The third kappa shape index (κ3) is 5.26. The van der Waals surface area contributed by atoms with Crippen LogP contribution in [0.15, 0.2) is 70.7 Å². The van der Waals surface area contributed by atoms with Gasteiger partial charge in [-0.3, -0.25) is 9.52 Å². The molecule has 0 spiro atoms. The van der Waals surface area contributed by atoms with Crippen LogP contribution in [-0.2, 0) is 22.9 Å². The molecule has 3 aromatic rings. The number of benzene rings is 2. The van der Waals surface area contributed by atoms with Gasteiger partial charge in [0.2, 0.25) is 0 Å². The second-order valence-corrected chi connectivity index (χ2v) is 10.6. The summed E-state index contributed by atoms with van der Waals surface area (Å²) >= 11 is 1.55. The van der Waals surface area contributed by atoms with Crippen molar-refractivity contribution in [3.63, 3.8) is 0 Å². The number of carbonyl (C=O) groups excluding carboxylic acids is 1. The summed E-state index contributed by atoms with van der Waals surface area (Å²) in [7, 11) is -3.68. The Labute approximate surface area is 192 Å². The van der Waals surface area contributed by atoms with E-state index in [-0.39, 0.29) is 10.8 Å². The average molecular weight is 468 g/mol. The zero-order valence-electron chi connectivity index (χ0n) is 17.8. The molecule has 1 aromatic heterocycles.